The molecule has 3 nitrogen and oxygen atoms in total. The first-order valence-electron chi connectivity index (χ1n) is 7.38. The lowest BCUT2D eigenvalue weighted by Crippen LogP contribution is -2.47. The molecule has 17 heavy (non-hydrogen) atoms. The van der Waals surface area contributed by atoms with E-state index in [4.69, 9.17) is 0 Å². The molecule has 1 saturated carbocycles. The van der Waals surface area contributed by atoms with E-state index in [1.165, 1.54) is 64.7 Å². The minimum absolute atomic E-state index is 0.773. The lowest BCUT2D eigenvalue weighted by molar-refractivity contribution is 0.133. The Morgan fingerprint density at radius 2 is 1.88 bits per heavy atom. The van der Waals surface area contributed by atoms with Crippen molar-refractivity contribution < 1.29 is 0 Å². The van der Waals surface area contributed by atoms with Crippen molar-refractivity contribution in [3.05, 3.63) is 0 Å². The number of likely N-dealkylation sites (tertiary alicyclic amines) is 1. The molecule has 0 spiro atoms. The Labute approximate surface area is 107 Å². The van der Waals surface area contributed by atoms with Gasteiger partial charge in [0.2, 0.25) is 0 Å². The summed E-state index contributed by atoms with van der Waals surface area (Å²) in [6.07, 6.45) is 8.42. The van der Waals surface area contributed by atoms with Crippen molar-refractivity contribution in [2.75, 3.05) is 40.3 Å². The monoisotopic (exact) mass is 239 g/mol. The third-order valence-electron chi connectivity index (χ3n) is 4.43. The van der Waals surface area contributed by atoms with Crippen LogP contribution in [0.5, 0.6) is 0 Å². The van der Waals surface area contributed by atoms with Crippen LogP contribution in [0.3, 0.4) is 0 Å². The lowest BCUT2D eigenvalue weighted by atomic mass is 10.1. The molecule has 1 aliphatic carbocycles. The molecule has 2 aliphatic rings. The highest BCUT2D eigenvalue weighted by Crippen LogP contribution is 2.17. The van der Waals surface area contributed by atoms with Crippen LogP contribution in [-0.4, -0.2) is 62.2 Å². The Morgan fingerprint density at radius 3 is 2.59 bits per heavy atom. The number of nitrogens with zero attached hydrogens (tertiary/aromatic N) is 2. The van der Waals surface area contributed by atoms with Crippen molar-refractivity contribution in [1.82, 2.24) is 15.1 Å². The van der Waals surface area contributed by atoms with Crippen LogP contribution >= 0.6 is 0 Å². The molecule has 0 radical (unpaired) electrons. The molecule has 2 rings (SSSR count). The standard InChI is InChI=1S/C14H29N3/c1-16(2)14-8-5-10-17(12-14)11-9-15-13-6-3-4-7-13/h13-15H,3-12H2,1-2H3. The van der Waals surface area contributed by atoms with Gasteiger partial charge in [-0.25, -0.2) is 0 Å². The first-order valence-corrected chi connectivity index (χ1v) is 7.38. The van der Waals surface area contributed by atoms with E-state index in [1.54, 1.807) is 0 Å². The van der Waals surface area contributed by atoms with Crippen molar-refractivity contribution in [1.29, 1.82) is 0 Å². The molecule has 3 heteroatoms. The van der Waals surface area contributed by atoms with Gasteiger partial charge in [-0.05, 0) is 46.3 Å². The zero-order valence-corrected chi connectivity index (χ0v) is 11.6. The van der Waals surface area contributed by atoms with E-state index in [-0.39, 0.29) is 0 Å². The van der Waals surface area contributed by atoms with Gasteiger partial charge in [-0.2, -0.15) is 0 Å². The van der Waals surface area contributed by atoms with Crippen LogP contribution < -0.4 is 5.32 Å². The Hall–Kier alpha value is -0.120. The van der Waals surface area contributed by atoms with Crippen LogP contribution in [-0.2, 0) is 0 Å². The second kappa shape index (κ2) is 6.72. The number of piperidine rings is 1. The maximum absolute atomic E-state index is 3.72. The topological polar surface area (TPSA) is 18.5 Å². The summed E-state index contributed by atoms with van der Waals surface area (Å²) in [5.41, 5.74) is 0. The van der Waals surface area contributed by atoms with Crippen LogP contribution in [0.2, 0.25) is 0 Å². The van der Waals surface area contributed by atoms with Crippen molar-refractivity contribution >= 4 is 0 Å². The molecule has 1 heterocycles. The van der Waals surface area contributed by atoms with Gasteiger partial charge in [-0.15, -0.1) is 0 Å². The molecule has 1 aliphatic heterocycles. The summed E-state index contributed by atoms with van der Waals surface area (Å²) in [4.78, 5) is 5.02. The van der Waals surface area contributed by atoms with Crippen molar-refractivity contribution in [3.8, 4) is 0 Å². The number of likely N-dealkylation sites (N-methyl/N-ethyl adjacent to an activating group) is 1. The molecule has 1 atom stereocenters. The molecular weight excluding hydrogens is 210 g/mol. The molecule has 2 fully saturated rings. The summed E-state index contributed by atoms with van der Waals surface area (Å²) in [6, 6.07) is 1.60. The Balaban J connectivity index is 1.61. The van der Waals surface area contributed by atoms with E-state index >= 15 is 0 Å². The number of rotatable bonds is 5. The van der Waals surface area contributed by atoms with Gasteiger partial charge in [0.15, 0.2) is 0 Å². The van der Waals surface area contributed by atoms with Crippen LogP contribution in [0.1, 0.15) is 38.5 Å². The molecule has 0 aromatic carbocycles. The van der Waals surface area contributed by atoms with Crippen LogP contribution in [0, 0.1) is 0 Å². The van der Waals surface area contributed by atoms with E-state index in [1.807, 2.05) is 0 Å². The van der Waals surface area contributed by atoms with Crippen LogP contribution in [0.15, 0.2) is 0 Å². The predicted molar refractivity (Wildman–Crippen MR) is 73.4 cm³/mol. The molecular formula is C14H29N3. The van der Waals surface area contributed by atoms with E-state index in [0.29, 0.717) is 0 Å². The zero-order valence-electron chi connectivity index (χ0n) is 11.6. The van der Waals surface area contributed by atoms with E-state index in [0.717, 1.165) is 12.1 Å². The quantitative estimate of drug-likeness (QED) is 0.785. The predicted octanol–water partition coefficient (Wildman–Crippen LogP) is 1.54. The SMILES string of the molecule is CN(C)C1CCCN(CCNC2CCCC2)C1. The Bertz CT molecular complexity index is 212. The summed E-state index contributed by atoms with van der Waals surface area (Å²) in [5, 5.41) is 3.72. The third kappa shape index (κ3) is 4.23. The van der Waals surface area contributed by atoms with E-state index in [2.05, 4.69) is 29.2 Å². The molecule has 0 aromatic heterocycles. The van der Waals surface area contributed by atoms with Gasteiger partial charge in [0.1, 0.15) is 0 Å². The van der Waals surface area contributed by atoms with Gasteiger partial charge < -0.3 is 15.1 Å². The highest BCUT2D eigenvalue weighted by molar-refractivity contribution is 4.79. The minimum atomic E-state index is 0.773. The van der Waals surface area contributed by atoms with Crippen LogP contribution in [0.25, 0.3) is 0 Å². The number of nitrogens with one attached hydrogen (secondary N) is 1. The molecule has 0 bridgehead atoms. The van der Waals surface area contributed by atoms with Gasteiger partial charge in [-0.1, -0.05) is 12.8 Å². The molecule has 1 saturated heterocycles. The normalized spacial score (nSPS) is 28.1. The van der Waals surface area contributed by atoms with Gasteiger partial charge in [0.05, 0.1) is 0 Å². The second-order valence-electron chi connectivity index (χ2n) is 6.00. The summed E-state index contributed by atoms with van der Waals surface area (Å²) < 4.78 is 0. The number of hydrogen-bond acceptors (Lipinski definition) is 3. The summed E-state index contributed by atoms with van der Waals surface area (Å²) in [6.45, 7) is 4.99. The smallest absolute Gasteiger partial charge is 0.0217 e. The fourth-order valence-corrected chi connectivity index (χ4v) is 3.21. The van der Waals surface area contributed by atoms with Crippen LogP contribution in [0.4, 0.5) is 0 Å². The summed E-state index contributed by atoms with van der Waals surface area (Å²) in [5.74, 6) is 0. The van der Waals surface area contributed by atoms with Gasteiger partial charge in [-0.3, -0.25) is 0 Å². The number of hydrogen-bond donors (Lipinski definition) is 1. The molecule has 1 unspecified atom stereocenters. The fourth-order valence-electron chi connectivity index (χ4n) is 3.21. The largest absolute Gasteiger partial charge is 0.313 e. The van der Waals surface area contributed by atoms with Crippen molar-refractivity contribution in [2.45, 2.75) is 50.6 Å². The maximum atomic E-state index is 3.72. The average molecular weight is 239 g/mol. The highest BCUT2D eigenvalue weighted by Gasteiger charge is 2.21. The molecule has 100 valence electrons. The summed E-state index contributed by atoms with van der Waals surface area (Å²) >= 11 is 0. The van der Waals surface area contributed by atoms with Gasteiger partial charge >= 0.3 is 0 Å². The lowest BCUT2D eigenvalue weighted by Gasteiger charge is -2.36. The minimum Gasteiger partial charge on any atom is -0.313 e. The molecule has 1 N–H and O–H groups in total. The third-order valence-corrected chi connectivity index (χ3v) is 4.43. The van der Waals surface area contributed by atoms with Gasteiger partial charge in [0.25, 0.3) is 0 Å². The Kier molecular flexibility index (Phi) is 5.26. The summed E-state index contributed by atoms with van der Waals surface area (Å²) in [7, 11) is 4.43. The van der Waals surface area contributed by atoms with Gasteiger partial charge in [0, 0.05) is 31.7 Å². The molecule has 0 amide bonds. The highest BCUT2D eigenvalue weighted by atomic mass is 15.2. The van der Waals surface area contributed by atoms with Crippen molar-refractivity contribution in [3.63, 3.8) is 0 Å². The van der Waals surface area contributed by atoms with E-state index < -0.39 is 0 Å². The maximum Gasteiger partial charge on any atom is 0.0217 e. The Morgan fingerprint density at radius 1 is 1.12 bits per heavy atom. The molecule has 0 aromatic rings. The van der Waals surface area contributed by atoms with Crippen molar-refractivity contribution in [2.24, 2.45) is 0 Å². The first kappa shape index (κ1) is 13.3. The second-order valence-corrected chi connectivity index (χ2v) is 6.00. The average Bonchev–Trinajstić information content (AvgIpc) is 2.82. The fraction of sp³-hybridized carbons (Fsp3) is 1.00. The first-order chi connectivity index (χ1) is 8.25. The van der Waals surface area contributed by atoms with E-state index in [9.17, 15) is 0 Å². The zero-order chi connectivity index (χ0) is 12.1.